The lowest BCUT2D eigenvalue weighted by atomic mass is 9.90. The topological polar surface area (TPSA) is 168 Å². The minimum atomic E-state index is -0.887. The van der Waals surface area contributed by atoms with Crippen molar-refractivity contribution in [2.24, 2.45) is 22.7 Å². The third-order valence-electron chi connectivity index (χ3n) is 13.0. The first-order valence-electron chi connectivity index (χ1n) is 21.7. The summed E-state index contributed by atoms with van der Waals surface area (Å²) in [6.07, 6.45) is 2.66. The number of alkyl carbamates (subject to hydrolysis) is 2. The summed E-state index contributed by atoms with van der Waals surface area (Å²) >= 11 is 0. The van der Waals surface area contributed by atoms with Gasteiger partial charge in [0.15, 0.2) is 0 Å². The molecule has 4 aromatic carbocycles. The number of likely N-dealkylation sites (tertiary alicyclic amines) is 2. The molecule has 14 heteroatoms. The normalized spacial score (nSPS) is 20.9. The fourth-order valence-corrected chi connectivity index (χ4v) is 9.85. The highest BCUT2D eigenvalue weighted by molar-refractivity contribution is 6.06. The lowest BCUT2D eigenvalue weighted by molar-refractivity contribution is -0.135. The summed E-state index contributed by atoms with van der Waals surface area (Å²) in [6, 6.07) is 22.1. The molecule has 0 spiro atoms. The zero-order chi connectivity index (χ0) is 44.1. The molecule has 5 heterocycles. The fourth-order valence-electron chi connectivity index (χ4n) is 9.85. The minimum Gasteiger partial charge on any atom is -0.488 e. The van der Waals surface area contributed by atoms with Gasteiger partial charge in [0.05, 0.1) is 43.9 Å². The average Bonchev–Trinajstić information content (AvgIpc) is 4.12. The summed E-state index contributed by atoms with van der Waals surface area (Å²) < 4.78 is 16.2. The van der Waals surface area contributed by atoms with Crippen molar-refractivity contribution in [2.45, 2.75) is 77.7 Å². The molecule has 4 aliphatic heterocycles. The molecular formula is C49H53N7O7. The van der Waals surface area contributed by atoms with E-state index in [9.17, 15) is 19.2 Å². The van der Waals surface area contributed by atoms with Crippen LogP contribution in [0.4, 0.5) is 15.3 Å². The number of amides is 4. The largest absolute Gasteiger partial charge is 0.488 e. The summed E-state index contributed by atoms with van der Waals surface area (Å²) in [4.78, 5) is 69.8. The Morgan fingerprint density at radius 2 is 1.54 bits per heavy atom. The van der Waals surface area contributed by atoms with Gasteiger partial charge >= 0.3 is 12.2 Å². The standard InChI is InChI=1S/C49H53N7O7/c1-26(2)43(53-48(59)61-5)46(57)56-24-28(4)17-41(56)45-50-22-39(52-45)31-12-14-33-32(18-31)25-63-42-21-34-30(19-36(33)42)13-15-37-35(34)20-38(51-37)40-16-27(3)23-55(40)47(58)44(54-49(60)62-6)29-10-8-7-9-11-29/h7-15,18-19,21-22,26-28,40-41,43-44H,16-17,20,23-25H2,1-6H3,(H,50,52)(H,53,59)(H,54,60)/t27-,28-,40-,41-,43-,44?/m0/s1. The van der Waals surface area contributed by atoms with Crippen LogP contribution in [0.2, 0.25) is 0 Å². The molecule has 5 aromatic rings. The number of H-pyrrole nitrogens is 1. The Labute approximate surface area is 366 Å². The van der Waals surface area contributed by atoms with Crippen molar-refractivity contribution in [3.05, 3.63) is 102 Å². The molecule has 1 unspecified atom stereocenters. The Hall–Kier alpha value is -6.70. The number of benzene rings is 4. The van der Waals surface area contributed by atoms with Crippen molar-refractivity contribution >= 4 is 46.2 Å². The summed E-state index contributed by atoms with van der Waals surface area (Å²) in [6.45, 7) is 9.60. The first kappa shape index (κ1) is 41.6. The first-order valence-corrected chi connectivity index (χ1v) is 21.7. The van der Waals surface area contributed by atoms with Gasteiger partial charge in [-0.2, -0.15) is 0 Å². The molecule has 14 nitrogen and oxygen atoms in total. The summed E-state index contributed by atoms with van der Waals surface area (Å²) in [5.41, 5.74) is 8.61. The van der Waals surface area contributed by atoms with E-state index in [1.54, 1.807) is 0 Å². The number of carbonyl (C=O) groups is 4. The van der Waals surface area contributed by atoms with Crippen LogP contribution in [0.3, 0.4) is 0 Å². The van der Waals surface area contributed by atoms with E-state index in [0.717, 1.165) is 74.3 Å². The first-order chi connectivity index (χ1) is 30.4. The molecule has 2 saturated heterocycles. The number of methoxy groups -OCH3 is 2. The van der Waals surface area contributed by atoms with Gasteiger partial charge < -0.3 is 39.6 Å². The summed E-state index contributed by atoms with van der Waals surface area (Å²) in [7, 11) is 2.59. The predicted molar refractivity (Wildman–Crippen MR) is 239 cm³/mol. The van der Waals surface area contributed by atoms with Crippen molar-refractivity contribution in [3.8, 4) is 28.1 Å². The van der Waals surface area contributed by atoms with Crippen molar-refractivity contribution < 1.29 is 33.4 Å². The van der Waals surface area contributed by atoms with Crippen LogP contribution in [-0.4, -0.2) is 88.9 Å². The molecule has 0 bridgehead atoms. The van der Waals surface area contributed by atoms with Crippen LogP contribution in [0, 0.1) is 17.8 Å². The van der Waals surface area contributed by atoms with E-state index in [-0.39, 0.29) is 41.7 Å². The van der Waals surface area contributed by atoms with E-state index < -0.39 is 24.3 Å². The summed E-state index contributed by atoms with van der Waals surface area (Å²) in [5.74, 6) is 1.57. The predicted octanol–water partition coefficient (Wildman–Crippen LogP) is 8.04. The highest BCUT2D eigenvalue weighted by Gasteiger charge is 2.42. The van der Waals surface area contributed by atoms with Crippen LogP contribution in [0.1, 0.15) is 75.1 Å². The molecule has 2 fully saturated rings. The molecule has 63 heavy (non-hydrogen) atoms. The molecule has 9 rings (SSSR count). The quantitative estimate of drug-likeness (QED) is 0.134. The van der Waals surface area contributed by atoms with Crippen LogP contribution in [0.25, 0.3) is 33.2 Å². The van der Waals surface area contributed by atoms with E-state index in [4.69, 9.17) is 24.2 Å². The lowest BCUT2D eigenvalue weighted by Crippen LogP contribution is -2.51. The molecule has 3 N–H and O–H groups in total. The molecule has 6 atom stereocenters. The Balaban J connectivity index is 0.940. The molecule has 0 aliphatic carbocycles. The third-order valence-corrected chi connectivity index (χ3v) is 13.0. The smallest absolute Gasteiger partial charge is 0.407 e. The van der Waals surface area contributed by atoms with Crippen molar-refractivity contribution in [2.75, 3.05) is 27.3 Å². The molecule has 4 amide bonds. The van der Waals surface area contributed by atoms with E-state index in [0.29, 0.717) is 37.5 Å². The Morgan fingerprint density at radius 1 is 0.825 bits per heavy atom. The Kier molecular flexibility index (Phi) is 11.2. The number of fused-ring (bicyclic) bond motifs is 6. The van der Waals surface area contributed by atoms with Gasteiger partial charge in [-0.05, 0) is 93.5 Å². The number of nitrogens with one attached hydrogen (secondary N) is 3. The lowest BCUT2D eigenvalue weighted by Gasteiger charge is -2.30. The number of imidazole rings is 1. The molecule has 0 saturated carbocycles. The van der Waals surface area contributed by atoms with Crippen molar-refractivity contribution in [1.82, 2.24) is 30.4 Å². The van der Waals surface area contributed by atoms with Gasteiger partial charge in [-0.1, -0.05) is 76.2 Å². The molecule has 0 radical (unpaired) electrons. The molecule has 326 valence electrons. The second-order valence-corrected chi connectivity index (χ2v) is 17.8. The van der Waals surface area contributed by atoms with Gasteiger partial charge in [0, 0.05) is 30.8 Å². The zero-order valence-electron chi connectivity index (χ0n) is 36.4. The zero-order valence-corrected chi connectivity index (χ0v) is 36.4. The molecule has 4 aliphatic rings. The van der Waals surface area contributed by atoms with Crippen molar-refractivity contribution in [3.63, 3.8) is 0 Å². The maximum absolute atomic E-state index is 14.3. The molecule has 1 aromatic heterocycles. The van der Waals surface area contributed by atoms with Gasteiger partial charge in [-0.15, -0.1) is 0 Å². The van der Waals surface area contributed by atoms with Gasteiger partial charge in [-0.25, -0.2) is 14.6 Å². The van der Waals surface area contributed by atoms with E-state index in [1.807, 2.05) is 60.2 Å². The van der Waals surface area contributed by atoms with Crippen LogP contribution < -0.4 is 15.4 Å². The fraction of sp³-hybridized carbons (Fsp3) is 0.388. The number of rotatable bonds is 9. The van der Waals surface area contributed by atoms with Crippen LogP contribution in [0.15, 0.2) is 84.0 Å². The van der Waals surface area contributed by atoms with Crippen molar-refractivity contribution in [1.29, 1.82) is 0 Å². The molecular weight excluding hydrogens is 799 g/mol. The van der Waals surface area contributed by atoms with Gasteiger partial charge in [0.25, 0.3) is 0 Å². The summed E-state index contributed by atoms with van der Waals surface area (Å²) in [5, 5.41) is 7.64. The van der Waals surface area contributed by atoms with Crippen LogP contribution >= 0.6 is 0 Å². The Bertz CT molecular complexity index is 2640. The number of ether oxygens (including phenoxy) is 3. The van der Waals surface area contributed by atoms with Gasteiger partial charge in [0.1, 0.15) is 30.3 Å². The van der Waals surface area contributed by atoms with Crippen LogP contribution in [0.5, 0.6) is 5.75 Å². The van der Waals surface area contributed by atoms with Crippen LogP contribution in [-0.2, 0) is 32.1 Å². The maximum Gasteiger partial charge on any atom is 0.407 e. The second kappa shape index (κ2) is 16.9. The highest BCUT2D eigenvalue weighted by atomic mass is 16.5. The maximum atomic E-state index is 14.3. The monoisotopic (exact) mass is 851 g/mol. The van der Waals surface area contributed by atoms with E-state index in [1.165, 1.54) is 14.2 Å². The SMILES string of the molecule is COC(=O)NC(C(=O)N1C[C@@H](C)C[C@H]1C1=Nc2ccc3cc4c(cc3c2C1)OCc1cc(-c2cnc([C@@H]3C[C@H](C)CN3C(=O)[C@@H](NC(=O)OC)C(C)C)[nH]2)ccc1-4)c1ccccc1. The average molecular weight is 852 g/mol. The third kappa shape index (κ3) is 7.87. The number of hydrogen-bond acceptors (Lipinski definition) is 9. The number of hydrogen-bond donors (Lipinski definition) is 3. The van der Waals surface area contributed by atoms with Gasteiger partial charge in [0.2, 0.25) is 11.8 Å². The number of aliphatic imine (C=N–C) groups is 1. The van der Waals surface area contributed by atoms with E-state index in [2.05, 4.69) is 71.9 Å². The Morgan fingerprint density at radius 3 is 2.27 bits per heavy atom. The number of carbonyl (C=O) groups excluding carboxylic acids is 4. The minimum absolute atomic E-state index is 0.126. The second-order valence-electron chi connectivity index (χ2n) is 17.8. The van der Waals surface area contributed by atoms with Gasteiger partial charge in [-0.3, -0.25) is 14.6 Å². The number of aromatic amines is 1. The number of nitrogens with zero attached hydrogens (tertiary/aromatic N) is 4. The highest BCUT2D eigenvalue weighted by Crippen LogP contribution is 2.45. The van der Waals surface area contributed by atoms with E-state index >= 15 is 0 Å². The number of aromatic nitrogens is 2.